The first-order valence-electron chi connectivity index (χ1n) is 4.81. The number of nitrogens with one attached hydrogen (secondary N) is 1. The highest BCUT2D eigenvalue weighted by Gasteiger charge is 2.26. The van der Waals surface area contributed by atoms with Crippen LogP contribution >= 0.6 is 7.82 Å². The van der Waals surface area contributed by atoms with E-state index in [4.69, 9.17) is 15.5 Å². The van der Waals surface area contributed by atoms with Crippen LogP contribution in [-0.4, -0.2) is 22.4 Å². The average molecular weight is 278 g/mol. The Bertz CT molecular complexity index is 478. The zero-order valence-corrected chi connectivity index (χ0v) is 10.0. The van der Waals surface area contributed by atoms with Gasteiger partial charge in [-0.25, -0.2) is 8.96 Å². The average Bonchev–Trinajstić information content (AvgIpc) is 2.27. The molecule has 1 rings (SSSR count). The molecule has 1 unspecified atom stereocenters. The number of hydrogen-bond acceptors (Lipinski definition) is 4. The van der Waals surface area contributed by atoms with Crippen LogP contribution in [0.3, 0.4) is 0 Å². The first-order valence-corrected chi connectivity index (χ1v) is 6.34. The van der Waals surface area contributed by atoms with Crippen molar-refractivity contribution in [3.05, 3.63) is 29.8 Å². The normalized spacial score (nSPS) is 12.9. The number of halogens is 1. The molecule has 1 amide bonds. The van der Waals surface area contributed by atoms with E-state index in [0.717, 1.165) is 6.07 Å². The molecule has 0 aliphatic heterocycles. The fourth-order valence-electron chi connectivity index (χ4n) is 1.23. The van der Waals surface area contributed by atoms with Gasteiger partial charge in [-0.2, -0.15) is 0 Å². The van der Waals surface area contributed by atoms with Crippen LogP contribution in [0.4, 0.5) is 4.39 Å². The lowest BCUT2D eigenvalue weighted by Gasteiger charge is -2.14. The van der Waals surface area contributed by atoms with Crippen molar-refractivity contribution in [1.82, 2.24) is 5.32 Å². The zero-order valence-electron chi connectivity index (χ0n) is 9.12. The third-order valence-electron chi connectivity index (χ3n) is 1.92. The summed E-state index contributed by atoms with van der Waals surface area (Å²) in [6.45, 7) is -0.249. The summed E-state index contributed by atoms with van der Waals surface area (Å²) in [6.07, 6.45) is -2.13. The number of rotatable bonds is 5. The number of para-hydroxylation sites is 1. The predicted octanol–water partition coefficient (Wildman–Crippen LogP) is 0.201. The third-order valence-corrected chi connectivity index (χ3v) is 2.35. The van der Waals surface area contributed by atoms with Gasteiger partial charge in [0.2, 0.25) is 6.17 Å². The maximum absolute atomic E-state index is 13.8. The molecule has 5 N–H and O–H groups in total. The van der Waals surface area contributed by atoms with Gasteiger partial charge in [-0.3, -0.25) is 14.6 Å². The van der Waals surface area contributed by atoms with Crippen LogP contribution in [0.2, 0.25) is 0 Å². The second kappa shape index (κ2) is 5.92. The van der Waals surface area contributed by atoms with Crippen LogP contribution in [0.15, 0.2) is 24.3 Å². The smallest absolute Gasteiger partial charge is 0.404 e. The highest BCUT2D eigenvalue weighted by atomic mass is 31.2. The van der Waals surface area contributed by atoms with Crippen LogP contribution in [-0.2, 0) is 9.36 Å². The third kappa shape index (κ3) is 4.08. The first-order chi connectivity index (χ1) is 8.35. The molecule has 0 aromatic heterocycles. The Labute approximate surface area is 102 Å². The molecule has 100 valence electrons. The van der Waals surface area contributed by atoms with E-state index < -0.39 is 25.7 Å². The van der Waals surface area contributed by atoms with Gasteiger partial charge in [0, 0.05) is 5.56 Å². The largest absolute Gasteiger partial charge is 0.524 e. The van der Waals surface area contributed by atoms with Gasteiger partial charge in [-0.05, 0) is 6.07 Å². The molecule has 0 fully saturated rings. The predicted molar refractivity (Wildman–Crippen MR) is 60.2 cm³/mol. The molecule has 9 heteroatoms. The Morgan fingerprint density at radius 2 is 2.11 bits per heavy atom. The second-order valence-electron chi connectivity index (χ2n) is 3.23. The maximum Gasteiger partial charge on any atom is 0.524 e. The highest BCUT2D eigenvalue weighted by molar-refractivity contribution is 7.46. The summed E-state index contributed by atoms with van der Waals surface area (Å²) >= 11 is 0. The van der Waals surface area contributed by atoms with E-state index >= 15 is 0 Å². The Kier molecular flexibility index (Phi) is 4.80. The number of carbonyl (C=O) groups is 1. The molecule has 0 saturated carbocycles. The van der Waals surface area contributed by atoms with Crippen LogP contribution < -0.4 is 15.6 Å². The van der Waals surface area contributed by atoms with Crippen molar-refractivity contribution in [1.29, 1.82) is 0 Å². The van der Waals surface area contributed by atoms with E-state index in [1.54, 1.807) is 0 Å². The summed E-state index contributed by atoms with van der Waals surface area (Å²) in [5.41, 5.74) is 4.75. The minimum Gasteiger partial charge on any atom is -0.404 e. The van der Waals surface area contributed by atoms with E-state index in [9.17, 15) is 13.8 Å². The lowest BCUT2D eigenvalue weighted by atomic mass is 10.1. The van der Waals surface area contributed by atoms with Crippen molar-refractivity contribution in [2.45, 2.75) is 6.17 Å². The summed E-state index contributed by atoms with van der Waals surface area (Å²) in [5, 5.41) is 2.05. The number of phosphoric ester groups is 1. The van der Waals surface area contributed by atoms with E-state index in [1.165, 1.54) is 18.2 Å². The van der Waals surface area contributed by atoms with Gasteiger partial charge >= 0.3 is 7.82 Å². The van der Waals surface area contributed by atoms with Gasteiger partial charge in [0.15, 0.2) is 0 Å². The maximum atomic E-state index is 13.8. The van der Waals surface area contributed by atoms with Gasteiger partial charge in [-0.15, -0.1) is 0 Å². The molecule has 1 aromatic carbocycles. The van der Waals surface area contributed by atoms with Gasteiger partial charge in [0.25, 0.3) is 5.91 Å². The van der Waals surface area contributed by atoms with E-state index in [-0.39, 0.29) is 12.2 Å². The minimum absolute atomic E-state index is 0.249. The van der Waals surface area contributed by atoms with Crippen LogP contribution in [0.25, 0.3) is 0 Å². The van der Waals surface area contributed by atoms with Crippen LogP contribution in [0.5, 0.6) is 5.75 Å². The Balaban J connectivity index is 3.01. The number of carbonyl (C=O) groups excluding carboxylic acids is 1. The molecule has 0 saturated heterocycles. The molecule has 0 aliphatic carbocycles. The summed E-state index contributed by atoms with van der Waals surface area (Å²) in [4.78, 5) is 28.6. The van der Waals surface area contributed by atoms with Crippen LogP contribution in [0, 0.1) is 0 Å². The first kappa shape index (κ1) is 14.6. The summed E-state index contributed by atoms with van der Waals surface area (Å²) in [5.74, 6) is -1.41. The number of nitrogens with two attached hydrogens (primary N) is 1. The van der Waals surface area contributed by atoms with Crippen LogP contribution in [0.1, 0.15) is 11.7 Å². The van der Waals surface area contributed by atoms with Gasteiger partial charge < -0.3 is 15.6 Å². The molecule has 1 aromatic rings. The monoisotopic (exact) mass is 278 g/mol. The summed E-state index contributed by atoms with van der Waals surface area (Å²) in [6, 6.07) is 5.13. The SMILES string of the molecule is NCNC(=O)C(F)c1ccccc1OP(=O)(O)O. The fourth-order valence-corrected chi connectivity index (χ4v) is 1.66. The van der Waals surface area contributed by atoms with Crippen molar-refractivity contribution in [2.24, 2.45) is 5.73 Å². The molecule has 0 radical (unpaired) electrons. The van der Waals surface area contributed by atoms with E-state index in [1.807, 2.05) is 5.32 Å². The number of hydrogen-bond donors (Lipinski definition) is 4. The number of phosphoric acid groups is 1. The second-order valence-corrected chi connectivity index (χ2v) is 4.39. The molecule has 0 spiro atoms. The standard InChI is InChI=1S/C9H12FN2O5P/c10-8(9(13)12-5-11)6-3-1-2-4-7(6)17-18(14,15)16/h1-4,8H,5,11H2,(H,12,13)(H2,14,15,16). The quantitative estimate of drug-likeness (QED) is 0.451. The lowest BCUT2D eigenvalue weighted by Crippen LogP contribution is -2.32. The Hall–Kier alpha value is -1.47. The molecule has 0 heterocycles. The van der Waals surface area contributed by atoms with Crippen molar-refractivity contribution in [2.75, 3.05) is 6.67 Å². The number of benzene rings is 1. The zero-order chi connectivity index (χ0) is 13.8. The molecule has 0 bridgehead atoms. The van der Waals surface area contributed by atoms with Crippen molar-refractivity contribution in [3.63, 3.8) is 0 Å². The Morgan fingerprint density at radius 1 is 1.50 bits per heavy atom. The minimum atomic E-state index is -4.82. The lowest BCUT2D eigenvalue weighted by molar-refractivity contribution is -0.126. The van der Waals surface area contributed by atoms with Gasteiger partial charge in [-0.1, -0.05) is 18.2 Å². The van der Waals surface area contributed by atoms with E-state index in [0.29, 0.717) is 0 Å². The molecular weight excluding hydrogens is 266 g/mol. The molecule has 18 heavy (non-hydrogen) atoms. The number of alkyl halides is 1. The van der Waals surface area contributed by atoms with Crippen molar-refractivity contribution < 1.29 is 28.1 Å². The van der Waals surface area contributed by atoms with E-state index in [2.05, 4.69) is 4.52 Å². The molecule has 0 aliphatic rings. The van der Waals surface area contributed by atoms with Crippen molar-refractivity contribution >= 4 is 13.7 Å². The molecule has 7 nitrogen and oxygen atoms in total. The van der Waals surface area contributed by atoms with Crippen molar-refractivity contribution in [3.8, 4) is 5.75 Å². The summed E-state index contributed by atoms with van der Waals surface area (Å²) < 4.78 is 28.7. The van der Waals surface area contributed by atoms with Gasteiger partial charge in [0.05, 0.1) is 6.67 Å². The molecular formula is C9H12FN2O5P. The molecule has 1 atom stereocenters. The topological polar surface area (TPSA) is 122 Å². The Morgan fingerprint density at radius 3 is 2.67 bits per heavy atom. The summed E-state index contributed by atoms with van der Waals surface area (Å²) in [7, 11) is -4.82. The van der Waals surface area contributed by atoms with Gasteiger partial charge in [0.1, 0.15) is 5.75 Å². The number of amides is 1. The highest BCUT2D eigenvalue weighted by Crippen LogP contribution is 2.41. The fraction of sp³-hybridized carbons (Fsp3) is 0.222.